The van der Waals surface area contributed by atoms with Crippen LogP contribution < -0.4 is 0 Å². The molecule has 2 aliphatic rings. The first-order valence-electron chi connectivity index (χ1n) is 7.13. The first-order chi connectivity index (χ1) is 8.85. The van der Waals surface area contributed by atoms with Crippen LogP contribution in [0.5, 0.6) is 0 Å². The molecule has 100 valence electrons. The fourth-order valence-electron chi connectivity index (χ4n) is 3.18. The SMILES string of the molecule is OCC1CCN(Cc2cnc(C3CCCC3)s2)C1. The molecule has 1 saturated carbocycles. The number of hydrogen-bond acceptors (Lipinski definition) is 4. The Balaban J connectivity index is 1.57. The predicted molar refractivity (Wildman–Crippen MR) is 73.8 cm³/mol. The highest BCUT2D eigenvalue weighted by Crippen LogP contribution is 2.36. The Morgan fingerprint density at radius 2 is 2.17 bits per heavy atom. The highest BCUT2D eigenvalue weighted by atomic mass is 32.1. The van der Waals surface area contributed by atoms with E-state index in [9.17, 15) is 0 Å². The van der Waals surface area contributed by atoms with E-state index in [0.29, 0.717) is 12.5 Å². The van der Waals surface area contributed by atoms with Crippen molar-refractivity contribution in [3.05, 3.63) is 16.1 Å². The van der Waals surface area contributed by atoms with Crippen LogP contribution in [0, 0.1) is 5.92 Å². The number of rotatable bonds is 4. The second-order valence-corrected chi connectivity index (χ2v) is 6.87. The molecule has 1 aliphatic carbocycles. The van der Waals surface area contributed by atoms with Gasteiger partial charge in [0.1, 0.15) is 0 Å². The van der Waals surface area contributed by atoms with Crippen LogP contribution >= 0.6 is 11.3 Å². The van der Waals surface area contributed by atoms with Gasteiger partial charge < -0.3 is 5.11 Å². The third-order valence-corrected chi connectivity index (χ3v) is 5.43. The van der Waals surface area contributed by atoms with E-state index >= 15 is 0 Å². The zero-order valence-corrected chi connectivity index (χ0v) is 11.7. The molecule has 18 heavy (non-hydrogen) atoms. The molecular weight excluding hydrogens is 244 g/mol. The Labute approximate surface area is 113 Å². The van der Waals surface area contributed by atoms with Gasteiger partial charge in [-0.05, 0) is 31.7 Å². The van der Waals surface area contributed by atoms with Gasteiger partial charge in [0, 0.05) is 36.7 Å². The van der Waals surface area contributed by atoms with E-state index < -0.39 is 0 Å². The fourth-order valence-corrected chi connectivity index (χ4v) is 4.31. The van der Waals surface area contributed by atoms with Crippen molar-refractivity contribution in [2.24, 2.45) is 5.92 Å². The molecule has 0 amide bonds. The summed E-state index contributed by atoms with van der Waals surface area (Å²) in [5, 5.41) is 10.5. The molecule has 3 rings (SSSR count). The Morgan fingerprint density at radius 1 is 1.33 bits per heavy atom. The molecule has 0 bridgehead atoms. The first kappa shape index (κ1) is 12.6. The Morgan fingerprint density at radius 3 is 2.89 bits per heavy atom. The Hall–Kier alpha value is -0.450. The predicted octanol–water partition coefficient (Wildman–Crippen LogP) is 2.61. The van der Waals surface area contributed by atoms with Crippen molar-refractivity contribution < 1.29 is 5.11 Å². The minimum Gasteiger partial charge on any atom is -0.396 e. The van der Waals surface area contributed by atoms with E-state index in [4.69, 9.17) is 5.11 Å². The van der Waals surface area contributed by atoms with Gasteiger partial charge in [-0.3, -0.25) is 4.90 Å². The lowest BCUT2D eigenvalue weighted by Crippen LogP contribution is -2.20. The summed E-state index contributed by atoms with van der Waals surface area (Å²) >= 11 is 1.91. The monoisotopic (exact) mass is 266 g/mol. The van der Waals surface area contributed by atoms with E-state index in [1.165, 1.54) is 35.6 Å². The number of aliphatic hydroxyl groups is 1. The average molecular weight is 266 g/mol. The molecule has 0 radical (unpaired) electrons. The molecule has 2 fully saturated rings. The number of nitrogens with zero attached hydrogens (tertiary/aromatic N) is 2. The van der Waals surface area contributed by atoms with Crippen LogP contribution in [0.2, 0.25) is 0 Å². The smallest absolute Gasteiger partial charge is 0.0959 e. The van der Waals surface area contributed by atoms with Crippen molar-refractivity contribution >= 4 is 11.3 Å². The summed E-state index contributed by atoms with van der Waals surface area (Å²) in [5.74, 6) is 1.24. The summed E-state index contributed by atoms with van der Waals surface area (Å²) in [7, 11) is 0. The van der Waals surface area contributed by atoms with Gasteiger partial charge in [-0.1, -0.05) is 12.8 Å². The molecule has 1 aromatic rings. The van der Waals surface area contributed by atoms with E-state index in [2.05, 4.69) is 16.1 Å². The van der Waals surface area contributed by atoms with Crippen molar-refractivity contribution in [1.29, 1.82) is 0 Å². The molecular formula is C14H22N2OS. The fraction of sp³-hybridized carbons (Fsp3) is 0.786. The maximum absolute atomic E-state index is 9.16. The minimum atomic E-state index is 0.340. The normalized spacial score (nSPS) is 26.2. The summed E-state index contributed by atoms with van der Waals surface area (Å²) in [6, 6.07) is 0. The van der Waals surface area contributed by atoms with E-state index in [1.54, 1.807) is 0 Å². The van der Waals surface area contributed by atoms with Gasteiger partial charge in [-0.2, -0.15) is 0 Å². The Bertz CT molecular complexity index is 387. The third-order valence-electron chi connectivity index (χ3n) is 4.28. The van der Waals surface area contributed by atoms with Gasteiger partial charge in [0.2, 0.25) is 0 Å². The van der Waals surface area contributed by atoms with Crippen LogP contribution in [0.4, 0.5) is 0 Å². The largest absolute Gasteiger partial charge is 0.396 e. The minimum absolute atomic E-state index is 0.340. The molecule has 4 heteroatoms. The maximum Gasteiger partial charge on any atom is 0.0959 e. The summed E-state index contributed by atoms with van der Waals surface area (Å²) in [6.07, 6.45) is 8.65. The lowest BCUT2D eigenvalue weighted by Gasteiger charge is -2.13. The third kappa shape index (κ3) is 2.76. The van der Waals surface area contributed by atoms with Crippen LogP contribution in [0.3, 0.4) is 0 Å². The first-order valence-corrected chi connectivity index (χ1v) is 7.94. The molecule has 1 N–H and O–H groups in total. The molecule has 1 unspecified atom stereocenters. The van der Waals surface area contributed by atoms with Crippen LogP contribution in [0.1, 0.15) is 47.9 Å². The van der Waals surface area contributed by atoms with Gasteiger partial charge >= 0.3 is 0 Å². The van der Waals surface area contributed by atoms with Crippen LogP contribution in [-0.4, -0.2) is 34.7 Å². The van der Waals surface area contributed by atoms with Gasteiger partial charge in [0.15, 0.2) is 0 Å². The molecule has 1 aromatic heterocycles. The summed E-state index contributed by atoms with van der Waals surface area (Å²) in [5.41, 5.74) is 0. The van der Waals surface area contributed by atoms with Crippen LogP contribution in [0.25, 0.3) is 0 Å². The van der Waals surface area contributed by atoms with Crippen LogP contribution in [-0.2, 0) is 6.54 Å². The quantitative estimate of drug-likeness (QED) is 0.910. The highest BCUT2D eigenvalue weighted by Gasteiger charge is 2.24. The number of thiazole rings is 1. The van der Waals surface area contributed by atoms with Crippen molar-refractivity contribution in [2.45, 2.75) is 44.6 Å². The van der Waals surface area contributed by atoms with Gasteiger partial charge in [0.05, 0.1) is 5.01 Å². The maximum atomic E-state index is 9.16. The van der Waals surface area contributed by atoms with Crippen molar-refractivity contribution in [1.82, 2.24) is 9.88 Å². The summed E-state index contributed by atoms with van der Waals surface area (Å²) in [4.78, 5) is 8.47. The molecule has 1 atom stereocenters. The second-order valence-electron chi connectivity index (χ2n) is 5.72. The number of likely N-dealkylation sites (tertiary alicyclic amines) is 1. The lowest BCUT2D eigenvalue weighted by molar-refractivity contribution is 0.220. The van der Waals surface area contributed by atoms with Crippen molar-refractivity contribution in [2.75, 3.05) is 19.7 Å². The number of hydrogen-bond donors (Lipinski definition) is 1. The molecule has 0 aromatic carbocycles. The van der Waals surface area contributed by atoms with Gasteiger partial charge in [-0.15, -0.1) is 11.3 Å². The molecule has 1 aliphatic heterocycles. The van der Waals surface area contributed by atoms with E-state index in [-0.39, 0.29) is 0 Å². The van der Waals surface area contributed by atoms with Crippen molar-refractivity contribution in [3.63, 3.8) is 0 Å². The lowest BCUT2D eigenvalue weighted by atomic mass is 10.1. The second kappa shape index (κ2) is 5.68. The Kier molecular flexibility index (Phi) is 3.97. The standard InChI is InChI=1S/C14H22N2OS/c17-10-11-5-6-16(8-11)9-13-7-15-14(18-13)12-3-1-2-4-12/h7,11-12,17H,1-6,8-10H2. The van der Waals surface area contributed by atoms with Crippen LogP contribution in [0.15, 0.2) is 6.20 Å². The average Bonchev–Trinajstić information content (AvgIpc) is 3.10. The molecule has 0 spiro atoms. The topological polar surface area (TPSA) is 36.4 Å². The van der Waals surface area contributed by atoms with Crippen molar-refractivity contribution in [3.8, 4) is 0 Å². The zero-order valence-electron chi connectivity index (χ0n) is 10.8. The summed E-state index contributed by atoms with van der Waals surface area (Å²) in [6.45, 7) is 3.54. The van der Waals surface area contributed by atoms with Gasteiger partial charge in [0.25, 0.3) is 0 Å². The number of aromatic nitrogens is 1. The highest BCUT2D eigenvalue weighted by molar-refractivity contribution is 7.11. The molecule has 1 saturated heterocycles. The molecule has 2 heterocycles. The summed E-state index contributed by atoms with van der Waals surface area (Å²) < 4.78 is 0. The molecule has 3 nitrogen and oxygen atoms in total. The number of aliphatic hydroxyl groups excluding tert-OH is 1. The van der Waals surface area contributed by atoms with E-state index in [1.807, 2.05) is 11.3 Å². The zero-order chi connectivity index (χ0) is 12.4. The van der Waals surface area contributed by atoms with E-state index in [0.717, 1.165) is 32.0 Å². The van der Waals surface area contributed by atoms with Gasteiger partial charge in [-0.25, -0.2) is 4.98 Å².